The molecule has 228 valence electrons. The molecule has 0 bridgehead atoms. The Bertz CT molecular complexity index is 1910. The molecule has 1 unspecified atom stereocenters. The Morgan fingerprint density at radius 3 is 2.66 bits per heavy atom. The lowest BCUT2D eigenvalue weighted by Gasteiger charge is -2.29. The summed E-state index contributed by atoms with van der Waals surface area (Å²) in [6, 6.07) is 11.6. The van der Waals surface area contributed by atoms with E-state index >= 15 is 0 Å². The van der Waals surface area contributed by atoms with Crippen LogP contribution < -0.4 is 11.0 Å². The second kappa shape index (κ2) is 11.8. The monoisotopic (exact) mass is 613 g/mol. The van der Waals surface area contributed by atoms with Crippen LogP contribution in [0, 0.1) is 19.8 Å². The van der Waals surface area contributed by atoms with E-state index in [1.54, 1.807) is 23.0 Å². The van der Waals surface area contributed by atoms with Crippen LogP contribution in [0.5, 0.6) is 0 Å². The average Bonchev–Trinajstić information content (AvgIpc) is 3.52. The molecule has 1 aliphatic heterocycles. The normalized spacial score (nSPS) is 20.8. The lowest BCUT2D eigenvalue weighted by Crippen LogP contribution is -2.39. The molecule has 1 amide bonds. The molecular weight excluding hydrogens is 578 g/mol. The first-order valence-electron chi connectivity index (χ1n) is 15.5. The van der Waals surface area contributed by atoms with Gasteiger partial charge in [0.05, 0.1) is 38.7 Å². The fraction of sp³-hybridized carbons (Fsp3) is 0.424. The molecule has 7 rings (SSSR count). The molecule has 2 fully saturated rings. The summed E-state index contributed by atoms with van der Waals surface area (Å²) < 4.78 is 11.6. The molecule has 0 spiro atoms. The van der Waals surface area contributed by atoms with Gasteiger partial charge < -0.3 is 10.1 Å². The first-order valence-corrected chi connectivity index (χ1v) is 15.9. The molecule has 1 aromatic carbocycles. The number of nitrogens with one attached hydrogen (secondary N) is 1. The summed E-state index contributed by atoms with van der Waals surface area (Å²) in [5.74, 6) is 0.170. The van der Waals surface area contributed by atoms with E-state index in [2.05, 4.69) is 15.3 Å². The Morgan fingerprint density at radius 1 is 1.02 bits per heavy atom. The van der Waals surface area contributed by atoms with Crippen molar-refractivity contribution in [1.82, 2.24) is 34.2 Å². The summed E-state index contributed by atoms with van der Waals surface area (Å²) in [7, 11) is 0. The van der Waals surface area contributed by atoms with Gasteiger partial charge in [-0.25, -0.2) is 19.0 Å². The fourth-order valence-electron chi connectivity index (χ4n) is 6.80. The average molecular weight is 614 g/mol. The summed E-state index contributed by atoms with van der Waals surface area (Å²) in [5, 5.41) is 9.43. The summed E-state index contributed by atoms with van der Waals surface area (Å²) in [4.78, 5) is 35.8. The van der Waals surface area contributed by atoms with Gasteiger partial charge in [0.25, 0.3) is 5.91 Å². The van der Waals surface area contributed by atoms with Gasteiger partial charge in [0.2, 0.25) is 0 Å². The van der Waals surface area contributed by atoms with Crippen LogP contribution in [0.2, 0.25) is 5.02 Å². The van der Waals surface area contributed by atoms with Gasteiger partial charge in [-0.05, 0) is 101 Å². The highest BCUT2D eigenvalue weighted by molar-refractivity contribution is 6.30. The molecule has 1 N–H and O–H groups in total. The van der Waals surface area contributed by atoms with Crippen molar-refractivity contribution in [3.05, 3.63) is 81.3 Å². The molecule has 1 atom stereocenters. The van der Waals surface area contributed by atoms with Crippen molar-refractivity contribution in [2.75, 3.05) is 6.61 Å². The standard InChI is InChI=1S/C33H36ClN7O3/c1-20-27(16-23(34)18-36-20)32(42)37-24-10-8-22(9-11-24)19-39-29-6-5-14-35-31(29)40(33(39)43)25-12-13-28-26(17-25)21(2)38-41(28)30-7-3-4-15-44-30/h5-6,12-14,16-18,22,24,30H,3-4,7-11,15,19H2,1-2H3,(H,37,42)/t22-,24-,30?. The molecule has 1 saturated carbocycles. The number of nitrogens with zero attached hydrogens (tertiary/aromatic N) is 6. The number of carbonyl (C=O) groups excluding carboxylic acids is 1. The number of hydrogen-bond donors (Lipinski definition) is 1. The maximum Gasteiger partial charge on any atom is 0.334 e. The highest BCUT2D eigenvalue weighted by Crippen LogP contribution is 2.31. The Morgan fingerprint density at radius 2 is 1.86 bits per heavy atom. The van der Waals surface area contributed by atoms with Crippen molar-refractivity contribution in [3.63, 3.8) is 0 Å². The van der Waals surface area contributed by atoms with Gasteiger partial charge in [-0.3, -0.25) is 14.3 Å². The molecule has 2 aliphatic rings. The Hall–Kier alpha value is -4.02. The molecule has 10 nitrogen and oxygen atoms in total. The molecule has 44 heavy (non-hydrogen) atoms. The molecule has 1 aliphatic carbocycles. The first-order chi connectivity index (χ1) is 21.4. The number of fused-ring (bicyclic) bond motifs is 2. The lowest BCUT2D eigenvalue weighted by molar-refractivity contribution is -0.0368. The minimum atomic E-state index is -0.143. The van der Waals surface area contributed by atoms with E-state index in [-0.39, 0.29) is 23.9 Å². The third kappa shape index (κ3) is 5.30. The quantitative estimate of drug-likeness (QED) is 0.256. The number of halogens is 1. The number of aromatic nitrogens is 6. The van der Waals surface area contributed by atoms with Crippen molar-refractivity contribution in [1.29, 1.82) is 0 Å². The molecular formula is C33H36ClN7O3. The van der Waals surface area contributed by atoms with Gasteiger partial charge in [-0.15, -0.1) is 0 Å². The van der Waals surface area contributed by atoms with Crippen molar-refractivity contribution in [3.8, 4) is 5.69 Å². The number of rotatable bonds is 6. The summed E-state index contributed by atoms with van der Waals surface area (Å²) in [6.07, 6.45) is 9.89. The van der Waals surface area contributed by atoms with Gasteiger partial charge in [0.1, 0.15) is 0 Å². The summed E-state index contributed by atoms with van der Waals surface area (Å²) in [5.41, 5.74) is 5.22. The molecule has 0 radical (unpaired) electrons. The predicted octanol–water partition coefficient (Wildman–Crippen LogP) is 5.89. The molecule has 4 aromatic heterocycles. The van der Waals surface area contributed by atoms with Gasteiger partial charge in [-0.1, -0.05) is 11.6 Å². The molecule has 5 aromatic rings. The van der Waals surface area contributed by atoms with E-state index in [1.807, 2.05) is 53.4 Å². The van der Waals surface area contributed by atoms with Crippen LogP contribution in [0.4, 0.5) is 0 Å². The van der Waals surface area contributed by atoms with E-state index in [1.165, 1.54) is 0 Å². The van der Waals surface area contributed by atoms with Crippen molar-refractivity contribution < 1.29 is 9.53 Å². The van der Waals surface area contributed by atoms with Gasteiger partial charge in [0, 0.05) is 37.0 Å². The summed E-state index contributed by atoms with van der Waals surface area (Å²) >= 11 is 6.07. The van der Waals surface area contributed by atoms with Crippen molar-refractivity contribution in [2.24, 2.45) is 5.92 Å². The van der Waals surface area contributed by atoms with Gasteiger partial charge >= 0.3 is 5.69 Å². The minimum absolute atomic E-state index is 0.0570. The highest BCUT2D eigenvalue weighted by Gasteiger charge is 2.27. The van der Waals surface area contributed by atoms with Crippen molar-refractivity contribution >= 4 is 39.6 Å². The van der Waals surface area contributed by atoms with E-state index in [0.29, 0.717) is 34.4 Å². The van der Waals surface area contributed by atoms with Crippen LogP contribution in [0.25, 0.3) is 27.8 Å². The number of aryl methyl sites for hydroxylation is 2. The number of imidazole rings is 1. The predicted molar refractivity (Wildman–Crippen MR) is 169 cm³/mol. The number of amides is 1. The highest BCUT2D eigenvalue weighted by atomic mass is 35.5. The van der Waals surface area contributed by atoms with Crippen LogP contribution in [0.15, 0.2) is 53.6 Å². The Kier molecular flexibility index (Phi) is 7.72. The van der Waals surface area contributed by atoms with E-state index in [9.17, 15) is 9.59 Å². The summed E-state index contributed by atoms with van der Waals surface area (Å²) in [6.45, 7) is 5.16. The van der Waals surface area contributed by atoms with Crippen LogP contribution in [-0.2, 0) is 11.3 Å². The zero-order chi connectivity index (χ0) is 30.4. The first kappa shape index (κ1) is 28.7. The largest absolute Gasteiger partial charge is 0.356 e. The topological polar surface area (TPSA) is 109 Å². The molecule has 1 saturated heterocycles. The third-order valence-electron chi connectivity index (χ3n) is 9.17. The maximum atomic E-state index is 14.0. The second-order valence-corrected chi connectivity index (χ2v) is 12.5. The second-order valence-electron chi connectivity index (χ2n) is 12.1. The fourth-order valence-corrected chi connectivity index (χ4v) is 6.96. The Labute approximate surface area is 260 Å². The molecule has 11 heteroatoms. The van der Waals surface area contributed by atoms with Crippen molar-refractivity contribution in [2.45, 2.75) is 77.6 Å². The lowest BCUT2D eigenvalue weighted by atomic mass is 9.85. The number of hydrogen-bond acceptors (Lipinski definition) is 6. The van der Waals surface area contributed by atoms with Crippen LogP contribution in [0.3, 0.4) is 0 Å². The maximum absolute atomic E-state index is 14.0. The zero-order valence-electron chi connectivity index (χ0n) is 25.0. The van der Waals surface area contributed by atoms with E-state index in [4.69, 9.17) is 21.4 Å². The number of pyridine rings is 2. The van der Waals surface area contributed by atoms with E-state index in [0.717, 1.165) is 79.4 Å². The molecule has 5 heterocycles. The number of carbonyl (C=O) groups is 1. The zero-order valence-corrected chi connectivity index (χ0v) is 25.8. The minimum Gasteiger partial charge on any atom is -0.356 e. The van der Waals surface area contributed by atoms with Crippen LogP contribution in [-0.4, -0.2) is 47.4 Å². The Balaban J connectivity index is 1.11. The smallest absolute Gasteiger partial charge is 0.334 e. The van der Waals surface area contributed by atoms with Gasteiger partial charge in [-0.2, -0.15) is 5.10 Å². The van der Waals surface area contributed by atoms with Gasteiger partial charge in [0.15, 0.2) is 11.9 Å². The number of ether oxygens (including phenoxy) is 1. The third-order valence-corrected chi connectivity index (χ3v) is 9.38. The SMILES string of the molecule is Cc1ncc(Cl)cc1C(=O)N[C@H]1CC[C@H](Cn2c(=O)n(-c3ccc4c(c3)c(C)nn4C3CCCCO3)c3ncccc32)CC1. The van der Waals surface area contributed by atoms with E-state index < -0.39 is 0 Å². The van der Waals surface area contributed by atoms with Crippen LogP contribution >= 0.6 is 11.6 Å². The number of benzene rings is 1. The van der Waals surface area contributed by atoms with Crippen LogP contribution in [0.1, 0.15) is 72.9 Å².